The molecule has 0 spiro atoms. The van der Waals surface area contributed by atoms with Crippen LogP contribution in [0.5, 0.6) is 0 Å². The standard InChI is InChI=1S/C18H20N4O5/c23-14-8-19-6-5-12(14)20-9-1-2-10-11(7-9)18(27)22(17(10)26)13-3-4-15(24)21-16(13)25/h1-2,7,12-14,19-20,23H,3-6,8H2,(H,21,24,25). The fourth-order valence-electron chi connectivity index (χ4n) is 3.79. The molecule has 1 aromatic carbocycles. The van der Waals surface area contributed by atoms with Gasteiger partial charge in [-0.25, -0.2) is 0 Å². The molecule has 9 nitrogen and oxygen atoms in total. The van der Waals surface area contributed by atoms with Crippen LogP contribution in [0.4, 0.5) is 5.69 Å². The summed E-state index contributed by atoms with van der Waals surface area (Å²) in [7, 11) is 0. The first-order chi connectivity index (χ1) is 13.0. The molecule has 1 aromatic rings. The van der Waals surface area contributed by atoms with Gasteiger partial charge >= 0.3 is 0 Å². The maximum absolute atomic E-state index is 12.8. The second-order valence-electron chi connectivity index (χ2n) is 7.02. The number of amides is 4. The Morgan fingerprint density at radius 1 is 1.07 bits per heavy atom. The van der Waals surface area contributed by atoms with Gasteiger partial charge in [-0.2, -0.15) is 0 Å². The smallest absolute Gasteiger partial charge is 0.262 e. The second kappa shape index (κ2) is 6.75. The first-order valence-electron chi connectivity index (χ1n) is 8.96. The van der Waals surface area contributed by atoms with Gasteiger partial charge in [-0.1, -0.05) is 0 Å². The van der Waals surface area contributed by atoms with Crippen LogP contribution in [-0.2, 0) is 9.59 Å². The third-order valence-corrected chi connectivity index (χ3v) is 5.24. The average molecular weight is 372 g/mol. The predicted octanol–water partition coefficient (Wildman–Crippen LogP) is -0.777. The van der Waals surface area contributed by atoms with Gasteiger partial charge in [0.15, 0.2) is 0 Å². The van der Waals surface area contributed by atoms with Gasteiger partial charge in [0, 0.05) is 18.7 Å². The Labute approximate surface area is 155 Å². The van der Waals surface area contributed by atoms with E-state index < -0.39 is 35.8 Å². The molecule has 0 saturated carbocycles. The molecule has 2 fully saturated rings. The van der Waals surface area contributed by atoms with Crippen LogP contribution in [0.3, 0.4) is 0 Å². The highest BCUT2D eigenvalue weighted by Crippen LogP contribution is 2.30. The highest BCUT2D eigenvalue weighted by molar-refractivity contribution is 6.23. The second-order valence-corrected chi connectivity index (χ2v) is 7.02. The molecular weight excluding hydrogens is 352 g/mol. The zero-order valence-electron chi connectivity index (χ0n) is 14.5. The molecule has 3 atom stereocenters. The highest BCUT2D eigenvalue weighted by Gasteiger charge is 2.44. The molecule has 27 heavy (non-hydrogen) atoms. The van der Waals surface area contributed by atoms with Crippen LogP contribution in [0.15, 0.2) is 18.2 Å². The number of benzene rings is 1. The zero-order valence-corrected chi connectivity index (χ0v) is 14.5. The number of rotatable bonds is 3. The number of piperidine rings is 2. The minimum Gasteiger partial charge on any atom is -0.390 e. The van der Waals surface area contributed by atoms with Crippen molar-refractivity contribution < 1.29 is 24.3 Å². The summed E-state index contributed by atoms with van der Waals surface area (Å²) >= 11 is 0. The number of β-amino-alcohol motifs (C(OH)–C–C–N with tert-alkyl or cyclic N) is 1. The Balaban J connectivity index is 1.56. The number of carbonyl (C=O) groups is 4. The third-order valence-electron chi connectivity index (χ3n) is 5.24. The number of nitrogens with zero attached hydrogens (tertiary/aromatic N) is 1. The minimum absolute atomic E-state index is 0.0875. The van der Waals surface area contributed by atoms with E-state index in [0.29, 0.717) is 12.2 Å². The van der Waals surface area contributed by atoms with Crippen molar-refractivity contribution in [1.29, 1.82) is 0 Å². The number of anilines is 1. The van der Waals surface area contributed by atoms with E-state index in [1.165, 1.54) is 0 Å². The minimum atomic E-state index is -0.974. The molecule has 0 radical (unpaired) electrons. The van der Waals surface area contributed by atoms with Crippen molar-refractivity contribution in [3.63, 3.8) is 0 Å². The summed E-state index contributed by atoms with van der Waals surface area (Å²) in [5.74, 6) is -2.10. The summed E-state index contributed by atoms with van der Waals surface area (Å²) < 4.78 is 0. The van der Waals surface area contributed by atoms with Crippen molar-refractivity contribution in [3.05, 3.63) is 29.3 Å². The van der Waals surface area contributed by atoms with E-state index in [-0.39, 0.29) is 30.0 Å². The Morgan fingerprint density at radius 3 is 2.59 bits per heavy atom. The Hall–Kier alpha value is -2.78. The lowest BCUT2D eigenvalue weighted by Crippen LogP contribution is -2.54. The van der Waals surface area contributed by atoms with Crippen molar-refractivity contribution >= 4 is 29.3 Å². The van der Waals surface area contributed by atoms with Crippen molar-refractivity contribution in [2.75, 3.05) is 18.4 Å². The number of hydrogen-bond acceptors (Lipinski definition) is 7. The Kier molecular flexibility index (Phi) is 4.40. The van der Waals surface area contributed by atoms with Crippen molar-refractivity contribution in [1.82, 2.24) is 15.5 Å². The molecule has 142 valence electrons. The number of nitrogens with one attached hydrogen (secondary N) is 3. The summed E-state index contributed by atoms with van der Waals surface area (Å²) in [5.41, 5.74) is 1.09. The number of fused-ring (bicyclic) bond motifs is 1. The van der Waals surface area contributed by atoms with Crippen molar-refractivity contribution in [2.24, 2.45) is 0 Å². The summed E-state index contributed by atoms with van der Waals surface area (Å²) in [6.45, 7) is 1.27. The maximum Gasteiger partial charge on any atom is 0.262 e. The van der Waals surface area contributed by atoms with E-state index in [1.54, 1.807) is 18.2 Å². The number of imide groups is 2. The topological polar surface area (TPSA) is 128 Å². The molecule has 9 heteroatoms. The number of hydrogen-bond donors (Lipinski definition) is 4. The molecule has 3 aliphatic heterocycles. The van der Waals surface area contributed by atoms with Gasteiger partial charge in [0.1, 0.15) is 6.04 Å². The van der Waals surface area contributed by atoms with E-state index in [2.05, 4.69) is 16.0 Å². The highest BCUT2D eigenvalue weighted by atomic mass is 16.3. The van der Waals surface area contributed by atoms with Crippen LogP contribution in [-0.4, -0.2) is 64.9 Å². The lowest BCUT2D eigenvalue weighted by Gasteiger charge is -2.30. The SMILES string of the molecule is O=C1CCC(N2C(=O)c3ccc(NC4CCNCC4O)cc3C2=O)C(=O)N1. The molecule has 0 aromatic heterocycles. The number of aliphatic hydroxyl groups is 1. The summed E-state index contributed by atoms with van der Waals surface area (Å²) in [4.78, 5) is 49.8. The van der Waals surface area contributed by atoms with Crippen LogP contribution >= 0.6 is 0 Å². The largest absolute Gasteiger partial charge is 0.390 e. The number of carbonyl (C=O) groups excluding carboxylic acids is 4. The van der Waals surface area contributed by atoms with E-state index in [4.69, 9.17) is 0 Å². The van der Waals surface area contributed by atoms with Crippen LogP contribution in [0.2, 0.25) is 0 Å². The molecule has 3 heterocycles. The molecule has 4 rings (SSSR count). The average Bonchev–Trinajstić information content (AvgIpc) is 2.88. The first kappa shape index (κ1) is 17.6. The Bertz CT molecular complexity index is 839. The first-order valence-corrected chi connectivity index (χ1v) is 8.96. The fourth-order valence-corrected chi connectivity index (χ4v) is 3.79. The number of aliphatic hydroxyl groups excluding tert-OH is 1. The zero-order chi connectivity index (χ0) is 19.1. The molecule has 3 aliphatic rings. The predicted molar refractivity (Wildman–Crippen MR) is 94.0 cm³/mol. The van der Waals surface area contributed by atoms with Crippen LogP contribution in [0.1, 0.15) is 40.0 Å². The lowest BCUT2D eigenvalue weighted by atomic mass is 10.0. The fraction of sp³-hybridized carbons (Fsp3) is 0.444. The van der Waals surface area contributed by atoms with Gasteiger partial charge in [-0.15, -0.1) is 0 Å². The van der Waals surface area contributed by atoms with E-state index in [9.17, 15) is 24.3 Å². The molecule has 0 bridgehead atoms. The summed E-state index contributed by atoms with van der Waals surface area (Å²) in [6.07, 6.45) is 0.393. The van der Waals surface area contributed by atoms with Crippen LogP contribution in [0, 0.1) is 0 Å². The van der Waals surface area contributed by atoms with Gasteiger partial charge < -0.3 is 15.7 Å². The molecule has 3 unspecified atom stereocenters. The van der Waals surface area contributed by atoms with Crippen molar-refractivity contribution in [2.45, 2.75) is 37.5 Å². The van der Waals surface area contributed by atoms with Gasteiger partial charge in [-0.3, -0.25) is 29.4 Å². The van der Waals surface area contributed by atoms with Gasteiger partial charge in [0.2, 0.25) is 11.8 Å². The van der Waals surface area contributed by atoms with Gasteiger partial charge in [0.25, 0.3) is 11.8 Å². The van der Waals surface area contributed by atoms with Gasteiger partial charge in [0.05, 0.1) is 23.3 Å². The van der Waals surface area contributed by atoms with Crippen LogP contribution in [0.25, 0.3) is 0 Å². The molecule has 4 N–H and O–H groups in total. The molecule has 0 aliphatic carbocycles. The summed E-state index contributed by atoms with van der Waals surface area (Å²) in [5, 5.41) is 18.5. The molecular formula is C18H20N4O5. The summed E-state index contributed by atoms with van der Waals surface area (Å²) in [6, 6.07) is 3.70. The maximum atomic E-state index is 12.8. The molecule has 4 amide bonds. The monoisotopic (exact) mass is 372 g/mol. The van der Waals surface area contributed by atoms with Gasteiger partial charge in [-0.05, 0) is 37.6 Å². The van der Waals surface area contributed by atoms with E-state index >= 15 is 0 Å². The van der Waals surface area contributed by atoms with Crippen LogP contribution < -0.4 is 16.0 Å². The van der Waals surface area contributed by atoms with E-state index in [1.807, 2.05) is 0 Å². The lowest BCUT2D eigenvalue weighted by molar-refractivity contribution is -0.136. The van der Waals surface area contributed by atoms with E-state index in [0.717, 1.165) is 17.9 Å². The normalized spacial score (nSPS) is 28.2. The molecule has 2 saturated heterocycles. The van der Waals surface area contributed by atoms with Crippen molar-refractivity contribution in [3.8, 4) is 0 Å². The Morgan fingerprint density at radius 2 is 1.85 bits per heavy atom. The quantitative estimate of drug-likeness (QED) is 0.513. The third kappa shape index (κ3) is 3.08.